The van der Waals surface area contributed by atoms with Gasteiger partial charge in [-0.15, -0.1) is 0 Å². The van der Waals surface area contributed by atoms with E-state index in [0.29, 0.717) is 12.2 Å². The summed E-state index contributed by atoms with van der Waals surface area (Å²) < 4.78 is 10.9. The summed E-state index contributed by atoms with van der Waals surface area (Å²) in [7, 11) is 0. The number of nitrogens with one attached hydrogen (secondary N) is 3. The van der Waals surface area contributed by atoms with E-state index in [1.54, 1.807) is 12.1 Å². The van der Waals surface area contributed by atoms with E-state index in [9.17, 15) is 4.79 Å². The van der Waals surface area contributed by atoms with E-state index in [0.717, 1.165) is 44.1 Å². The molecule has 7 heteroatoms. The van der Waals surface area contributed by atoms with Crippen LogP contribution in [-0.4, -0.2) is 37.2 Å². The second kappa shape index (κ2) is 9.41. The Kier molecular flexibility index (Phi) is 6.71. The molecule has 1 aliphatic heterocycles. The summed E-state index contributed by atoms with van der Waals surface area (Å²) in [5, 5.41) is 9.47. The van der Waals surface area contributed by atoms with Crippen molar-refractivity contribution >= 4 is 17.6 Å². The minimum absolute atomic E-state index is 0.133. The van der Waals surface area contributed by atoms with Gasteiger partial charge in [-0.2, -0.15) is 0 Å². The zero-order valence-corrected chi connectivity index (χ0v) is 16.5. The van der Waals surface area contributed by atoms with Crippen LogP contribution < -0.4 is 16.0 Å². The molecule has 1 aliphatic rings. The molecule has 1 aromatic heterocycles. The van der Waals surface area contributed by atoms with Gasteiger partial charge in [-0.25, -0.2) is 4.99 Å². The lowest BCUT2D eigenvalue weighted by Crippen LogP contribution is -2.45. The molecule has 1 unspecified atom stereocenters. The number of hydrogen-bond donors (Lipinski definition) is 3. The zero-order valence-electron chi connectivity index (χ0n) is 16.5. The predicted molar refractivity (Wildman–Crippen MR) is 110 cm³/mol. The van der Waals surface area contributed by atoms with E-state index in [2.05, 4.69) is 27.9 Å². The van der Waals surface area contributed by atoms with Gasteiger partial charge in [-0.1, -0.05) is 12.1 Å². The molecule has 7 nitrogen and oxygen atoms in total. The van der Waals surface area contributed by atoms with Crippen molar-refractivity contribution in [3.8, 4) is 0 Å². The average Bonchev–Trinajstić information content (AvgIpc) is 3.37. The maximum atomic E-state index is 12.1. The molecule has 1 saturated heterocycles. The van der Waals surface area contributed by atoms with Crippen LogP contribution in [0.3, 0.4) is 0 Å². The molecule has 150 valence electrons. The van der Waals surface area contributed by atoms with Crippen molar-refractivity contribution in [1.29, 1.82) is 0 Å². The van der Waals surface area contributed by atoms with Crippen LogP contribution in [0.1, 0.15) is 42.8 Å². The third-order valence-corrected chi connectivity index (χ3v) is 4.62. The number of benzene rings is 1. The molecule has 2 aromatic rings. The first-order valence-electron chi connectivity index (χ1n) is 9.68. The van der Waals surface area contributed by atoms with Crippen molar-refractivity contribution in [3.63, 3.8) is 0 Å². The van der Waals surface area contributed by atoms with Gasteiger partial charge in [-0.3, -0.25) is 4.79 Å². The van der Waals surface area contributed by atoms with Gasteiger partial charge in [0.2, 0.25) is 0 Å². The van der Waals surface area contributed by atoms with E-state index in [4.69, 9.17) is 9.15 Å². The monoisotopic (exact) mass is 384 g/mol. The minimum atomic E-state index is -0.273. The molecule has 0 spiro atoms. The lowest BCUT2D eigenvalue weighted by atomic mass is 10.0. The molecule has 0 aliphatic carbocycles. The molecule has 1 fully saturated rings. The molecule has 0 radical (unpaired) electrons. The number of amides is 1. The third kappa shape index (κ3) is 5.60. The first kappa shape index (κ1) is 19.9. The lowest BCUT2D eigenvalue weighted by molar-refractivity contribution is 0.0243. The summed E-state index contributed by atoms with van der Waals surface area (Å²) in [5.41, 5.74) is 1.57. The SMILES string of the molecule is CCNC(=NCc1cccc(NC(=O)c2ccco2)c1)NCC1(C)CCCO1. The number of nitrogens with zero attached hydrogens (tertiary/aromatic N) is 1. The fraction of sp³-hybridized carbons (Fsp3) is 0.429. The van der Waals surface area contributed by atoms with Crippen LogP contribution in [0.25, 0.3) is 0 Å². The third-order valence-electron chi connectivity index (χ3n) is 4.62. The number of furan rings is 1. The van der Waals surface area contributed by atoms with Gasteiger partial charge in [0.25, 0.3) is 5.91 Å². The smallest absolute Gasteiger partial charge is 0.291 e. The second-order valence-electron chi connectivity index (χ2n) is 7.08. The number of guanidine groups is 1. The Labute approximate surface area is 165 Å². The highest BCUT2D eigenvalue weighted by molar-refractivity contribution is 6.02. The summed E-state index contributed by atoms with van der Waals surface area (Å²) in [6.07, 6.45) is 3.63. The van der Waals surface area contributed by atoms with Crippen LogP contribution in [0, 0.1) is 0 Å². The van der Waals surface area contributed by atoms with E-state index >= 15 is 0 Å². The van der Waals surface area contributed by atoms with Crippen LogP contribution in [0.4, 0.5) is 5.69 Å². The van der Waals surface area contributed by atoms with Crippen molar-refractivity contribution < 1.29 is 13.9 Å². The predicted octanol–water partition coefficient (Wildman–Crippen LogP) is 3.16. The molecule has 0 saturated carbocycles. The number of anilines is 1. The number of aliphatic imine (C=N–C) groups is 1. The minimum Gasteiger partial charge on any atom is -0.459 e. The Balaban J connectivity index is 1.59. The van der Waals surface area contributed by atoms with E-state index in [1.807, 2.05) is 31.2 Å². The Morgan fingerprint density at radius 3 is 2.86 bits per heavy atom. The first-order valence-corrected chi connectivity index (χ1v) is 9.68. The summed E-state index contributed by atoms with van der Waals surface area (Å²) >= 11 is 0. The van der Waals surface area contributed by atoms with Gasteiger partial charge < -0.3 is 25.1 Å². The molecule has 3 N–H and O–H groups in total. The van der Waals surface area contributed by atoms with Gasteiger partial charge in [0.05, 0.1) is 18.4 Å². The molecule has 3 rings (SSSR count). The summed E-state index contributed by atoms with van der Waals surface area (Å²) in [4.78, 5) is 16.8. The summed E-state index contributed by atoms with van der Waals surface area (Å²) in [5.74, 6) is 0.763. The van der Waals surface area contributed by atoms with Crippen LogP contribution in [-0.2, 0) is 11.3 Å². The second-order valence-corrected chi connectivity index (χ2v) is 7.08. The van der Waals surface area contributed by atoms with E-state index in [-0.39, 0.29) is 17.3 Å². The molecule has 1 atom stereocenters. The maximum absolute atomic E-state index is 12.1. The average molecular weight is 384 g/mol. The molecular weight excluding hydrogens is 356 g/mol. The Morgan fingerprint density at radius 1 is 1.25 bits per heavy atom. The Morgan fingerprint density at radius 2 is 2.14 bits per heavy atom. The highest BCUT2D eigenvalue weighted by Crippen LogP contribution is 2.23. The Bertz CT molecular complexity index is 796. The zero-order chi connectivity index (χ0) is 19.8. The number of rotatable bonds is 7. The molecule has 1 aromatic carbocycles. The number of hydrogen-bond acceptors (Lipinski definition) is 4. The van der Waals surface area contributed by atoms with Crippen molar-refractivity contribution in [3.05, 3.63) is 54.0 Å². The van der Waals surface area contributed by atoms with Crippen LogP contribution >= 0.6 is 0 Å². The van der Waals surface area contributed by atoms with Crippen LogP contribution in [0.2, 0.25) is 0 Å². The maximum Gasteiger partial charge on any atom is 0.291 e. The highest BCUT2D eigenvalue weighted by Gasteiger charge is 2.29. The van der Waals surface area contributed by atoms with Gasteiger partial charge >= 0.3 is 0 Å². The fourth-order valence-corrected chi connectivity index (χ4v) is 3.11. The van der Waals surface area contributed by atoms with Crippen molar-refractivity contribution in [2.45, 2.75) is 38.8 Å². The van der Waals surface area contributed by atoms with Gasteiger partial charge in [0, 0.05) is 25.4 Å². The standard InChI is InChI=1S/C21H28N4O3/c1-3-22-20(24-15-21(2)10-6-12-28-21)23-14-16-7-4-8-17(13-16)25-19(26)18-9-5-11-27-18/h4-5,7-9,11,13H,3,6,10,12,14-15H2,1-2H3,(H,25,26)(H2,22,23,24). The fourth-order valence-electron chi connectivity index (χ4n) is 3.11. The quantitative estimate of drug-likeness (QED) is 0.504. The van der Waals surface area contributed by atoms with E-state index in [1.165, 1.54) is 6.26 Å². The molecule has 2 heterocycles. The largest absolute Gasteiger partial charge is 0.459 e. The van der Waals surface area contributed by atoms with Crippen molar-refractivity contribution in [2.75, 3.05) is 25.0 Å². The Hall–Kier alpha value is -2.80. The van der Waals surface area contributed by atoms with Gasteiger partial charge in [-0.05, 0) is 56.5 Å². The number of carbonyl (C=O) groups is 1. The van der Waals surface area contributed by atoms with Crippen molar-refractivity contribution in [1.82, 2.24) is 10.6 Å². The van der Waals surface area contributed by atoms with E-state index < -0.39 is 0 Å². The summed E-state index contributed by atoms with van der Waals surface area (Å²) in [6.45, 7) is 6.98. The van der Waals surface area contributed by atoms with Crippen LogP contribution in [0.15, 0.2) is 52.1 Å². The number of ether oxygens (including phenoxy) is 1. The van der Waals surface area contributed by atoms with Gasteiger partial charge in [0.1, 0.15) is 0 Å². The molecule has 0 bridgehead atoms. The highest BCUT2D eigenvalue weighted by atomic mass is 16.5. The topological polar surface area (TPSA) is 87.9 Å². The molecule has 28 heavy (non-hydrogen) atoms. The molecular formula is C21H28N4O3. The normalized spacial score (nSPS) is 19.4. The van der Waals surface area contributed by atoms with Crippen LogP contribution in [0.5, 0.6) is 0 Å². The van der Waals surface area contributed by atoms with Crippen molar-refractivity contribution in [2.24, 2.45) is 4.99 Å². The first-order chi connectivity index (χ1) is 13.6. The number of carbonyl (C=O) groups excluding carboxylic acids is 1. The lowest BCUT2D eigenvalue weighted by Gasteiger charge is -2.24. The van der Waals surface area contributed by atoms with Gasteiger partial charge in [0.15, 0.2) is 11.7 Å². The molecule has 1 amide bonds. The summed E-state index contributed by atoms with van der Waals surface area (Å²) in [6, 6.07) is 11.0.